The van der Waals surface area contributed by atoms with E-state index >= 15 is 0 Å². The maximum Gasteiger partial charge on any atom is 0.162 e. The molecule has 0 aliphatic carbocycles. The number of nitrogens with zero attached hydrogens (tertiary/aromatic N) is 2. The first kappa shape index (κ1) is 35.9. The minimum Gasteiger partial charge on any atom is -0.512 e. The predicted molar refractivity (Wildman–Crippen MR) is 182 cm³/mol. The van der Waals surface area contributed by atoms with Crippen LogP contribution in [0, 0.1) is 17.9 Å². The largest absolute Gasteiger partial charge is 0.512 e. The molecule has 0 atom stereocenters. The van der Waals surface area contributed by atoms with Crippen molar-refractivity contribution in [3.05, 3.63) is 96.5 Å². The third-order valence-corrected chi connectivity index (χ3v) is 8.27. The molecule has 0 aliphatic heterocycles. The Morgan fingerprint density at radius 3 is 2.22 bits per heavy atom. The average molecular weight is 782 g/mol. The number of aliphatic hydroxyl groups excluding tert-OH is 1. The van der Waals surface area contributed by atoms with Crippen LogP contribution in [0.5, 0.6) is 0 Å². The van der Waals surface area contributed by atoms with Gasteiger partial charge in [0.2, 0.25) is 0 Å². The fourth-order valence-electron chi connectivity index (χ4n) is 5.51. The number of pyridine rings is 2. The number of furan rings is 1. The van der Waals surface area contributed by atoms with Gasteiger partial charge in [-0.2, -0.15) is 0 Å². The first-order chi connectivity index (χ1) is 21.1. The van der Waals surface area contributed by atoms with E-state index in [0.717, 1.165) is 64.8 Å². The van der Waals surface area contributed by atoms with Gasteiger partial charge in [-0.25, -0.2) is 0 Å². The number of benzene rings is 2. The molecule has 0 fully saturated rings. The van der Waals surface area contributed by atoms with E-state index in [1.165, 1.54) is 17.0 Å². The number of carbonyl (C=O) groups is 1. The van der Waals surface area contributed by atoms with Crippen molar-refractivity contribution >= 4 is 27.7 Å². The van der Waals surface area contributed by atoms with E-state index in [9.17, 15) is 9.90 Å². The Morgan fingerprint density at radius 1 is 0.889 bits per heavy atom. The third kappa shape index (κ3) is 8.77. The predicted octanol–water partition coefficient (Wildman–Crippen LogP) is 10.7. The molecule has 2 aromatic carbocycles. The van der Waals surface area contributed by atoms with Gasteiger partial charge in [0.25, 0.3) is 0 Å². The van der Waals surface area contributed by atoms with Crippen molar-refractivity contribution in [2.24, 2.45) is 11.8 Å². The molecule has 0 aliphatic rings. The second-order valence-electron chi connectivity index (χ2n) is 12.3. The molecule has 1 N–H and O–H groups in total. The topological polar surface area (TPSA) is 76.2 Å². The summed E-state index contributed by atoms with van der Waals surface area (Å²) in [4.78, 5) is 20.7. The molecule has 0 saturated carbocycles. The summed E-state index contributed by atoms with van der Waals surface area (Å²) in [5, 5.41) is 12.1. The summed E-state index contributed by atoms with van der Waals surface area (Å²) >= 11 is 0. The zero-order chi connectivity index (χ0) is 31.9. The molecule has 3 heterocycles. The van der Waals surface area contributed by atoms with Crippen molar-refractivity contribution in [2.75, 3.05) is 0 Å². The number of allylic oxidation sites excluding steroid dienone is 2. The van der Waals surface area contributed by atoms with Gasteiger partial charge in [-0.05, 0) is 49.3 Å². The number of hydrogen-bond donors (Lipinski definition) is 1. The molecule has 0 saturated heterocycles. The molecule has 0 spiro atoms. The Kier molecular flexibility index (Phi) is 12.8. The standard InChI is InChI=1S/C26H21N2O.C13H24O2.Ir/c1-26(2,3)21-14-19(13-17-7-4-5-8-20(17)21)22-15-18(10-12-28-22)25-16-23-24(29-25)9-6-11-27-23;1-5-10(6-2)12(14)9-13(15)11(7-3)8-4;/h4-12,14-16H,1-3H3;9-11,14H,5-8H2,1-4H3;/q-1;;/b;12-9-;. The molecule has 6 heteroatoms. The van der Waals surface area contributed by atoms with Gasteiger partial charge in [0.1, 0.15) is 11.3 Å². The van der Waals surface area contributed by atoms with Crippen LogP contribution in [-0.2, 0) is 30.3 Å². The summed E-state index contributed by atoms with van der Waals surface area (Å²) < 4.78 is 5.99. The van der Waals surface area contributed by atoms with E-state index in [1.807, 2.05) is 58.2 Å². The van der Waals surface area contributed by atoms with Crippen LogP contribution >= 0.6 is 0 Å². The van der Waals surface area contributed by atoms with Gasteiger partial charge in [-0.3, -0.25) is 14.8 Å². The van der Waals surface area contributed by atoms with Crippen LogP contribution in [0.15, 0.2) is 89.3 Å². The first-order valence-corrected chi connectivity index (χ1v) is 15.8. The molecule has 5 nitrogen and oxygen atoms in total. The van der Waals surface area contributed by atoms with Crippen molar-refractivity contribution in [3.8, 4) is 22.6 Å². The van der Waals surface area contributed by atoms with Crippen molar-refractivity contribution in [1.82, 2.24) is 9.97 Å². The van der Waals surface area contributed by atoms with Gasteiger partial charge in [-0.15, -0.1) is 29.1 Å². The summed E-state index contributed by atoms with van der Waals surface area (Å²) in [6.07, 6.45) is 8.51. The Morgan fingerprint density at radius 2 is 1.58 bits per heavy atom. The van der Waals surface area contributed by atoms with Crippen molar-refractivity contribution < 1.29 is 34.4 Å². The normalized spacial score (nSPS) is 11.9. The second kappa shape index (κ2) is 16.1. The Balaban J connectivity index is 0.000000297. The van der Waals surface area contributed by atoms with Crippen LogP contribution in [0.1, 0.15) is 79.7 Å². The summed E-state index contributed by atoms with van der Waals surface area (Å²) in [5.41, 5.74) is 5.80. The molecule has 0 bridgehead atoms. The average Bonchev–Trinajstić information content (AvgIpc) is 3.46. The molecule has 3 aromatic heterocycles. The van der Waals surface area contributed by atoms with Crippen LogP contribution in [-0.4, -0.2) is 20.9 Å². The van der Waals surface area contributed by atoms with Gasteiger partial charge >= 0.3 is 0 Å². The molecular weight excluding hydrogens is 737 g/mol. The van der Waals surface area contributed by atoms with Gasteiger partial charge in [-0.1, -0.05) is 83.7 Å². The third-order valence-electron chi connectivity index (χ3n) is 8.27. The molecule has 5 rings (SSSR count). The van der Waals surface area contributed by atoms with Gasteiger partial charge in [0.15, 0.2) is 11.4 Å². The molecule has 5 aromatic rings. The molecular formula is C39H45IrN2O3-. The number of hydrogen-bond acceptors (Lipinski definition) is 5. The quantitative estimate of drug-likeness (QED) is 0.0916. The number of rotatable bonds is 9. The first-order valence-electron chi connectivity index (χ1n) is 15.8. The molecule has 45 heavy (non-hydrogen) atoms. The van der Waals surface area contributed by atoms with E-state index in [4.69, 9.17) is 4.42 Å². The maximum atomic E-state index is 11.7. The molecule has 1 radical (unpaired) electrons. The monoisotopic (exact) mass is 782 g/mol. The van der Waals surface area contributed by atoms with Crippen molar-refractivity contribution in [1.29, 1.82) is 0 Å². The van der Waals surface area contributed by atoms with E-state index in [-0.39, 0.29) is 48.9 Å². The van der Waals surface area contributed by atoms with Crippen LogP contribution < -0.4 is 0 Å². The summed E-state index contributed by atoms with van der Waals surface area (Å²) in [7, 11) is 0. The van der Waals surface area contributed by atoms with Crippen LogP contribution in [0.2, 0.25) is 0 Å². The summed E-state index contributed by atoms with van der Waals surface area (Å²) in [6, 6.07) is 24.0. The molecule has 0 amide bonds. The maximum absolute atomic E-state index is 11.7. The Hall–Kier alpha value is -3.60. The van der Waals surface area contributed by atoms with Gasteiger partial charge in [0.05, 0.1) is 5.76 Å². The van der Waals surface area contributed by atoms with E-state index in [0.29, 0.717) is 0 Å². The van der Waals surface area contributed by atoms with Crippen LogP contribution in [0.25, 0.3) is 44.5 Å². The fourth-order valence-corrected chi connectivity index (χ4v) is 5.51. The zero-order valence-electron chi connectivity index (χ0n) is 27.5. The summed E-state index contributed by atoms with van der Waals surface area (Å²) in [6.45, 7) is 14.8. The van der Waals surface area contributed by atoms with E-state index < -0.39 is 0 Å². The number of aliphatic hydroxyl groups is 1. The fraction of sp³-hybridized carbons (Fsp3) is 0.359. The molecule has 239 valence electrons. The minimum absolute atomic E-state index is 0. The summed E-state index contributed by atoms with van der Waals surface area (Å²) in [5.74, 6) is 1.34. The number of aromatic nitrogens is 2. The Bertz CT molecular complexity index is 1710. The smallest absolute Gasteiger partial charge is 0.162 e. The number of fused-ring (bicyclic) bond motifs is 2. The number of ketones is 1. The van der Waals surface area contributed by atoms with E-state index in [2.05, 4.69) is 73.2 Å². The zero-order valence-corrected chi connectivity index (χ0v) is 29.9. The van der Waals surface area contributed by atoms with E-state index in [1.54, 1.807) is 6.20 Å². The van der Waals surface area contributed by atoms with Crippen molar-refractivity contribution in [2.45, 2.75) is 79.6 Å². The van der Waals surface area contributed by atoms with Gasteiger partial charge < -0.3 is 9.52 Å². The second-order valence-corrected chi connectivity index (χ2v) is 12.3. The molecule has 0 unspecified atom stereocenters. The van der Waals surface area contributed by atoms with Gasteiger partial charge in [0, 0.05) is 67.7 Å². The van der Waals surface area contributed by atoms with Crippen LogP contribution in [0.3, 0.4) is 0 Å². The Labute approximate surface area is 281 Å². The SMILES string of the molecule is CC(C)(C)c1cc(-c2cc(-c3cc4ncccc4o3)ccn2)[c-]c2ccccc12.CCC(CC)C(=O)/C=C(\O)C(CC)CC.[Ir]. The van der Waals surface area contributed by atoms with Crippen molar-refractivity contribution in [3.63, 3.8) is 0 Å². The number of carbonyl (C=O) groups excluding carboxylic acids is 1. The minimum atomic E-state index is 0. The van der Waals surface area contributed by atoms with Crippen LogP contribution in [0.4, 0.5) is 0 Å².